The number of hydrogen-bond donors (Lipinski definition) is 2. The van der Waals surface area contributed by atoms with E-state index in [4.69, 9.17) is 0 Å². The molecule has 1 aliphatic carbocycles. The molecule has 0 heterocycles. The number of hydrogen-bond acceptors (Lipinski definition) is 4. The zero-order valence-corrected chi connectivity index (χ0v) is 10.5. The van der Waals surface area contributed by atoms with Crippen molar-refractivity contribution in [3.63, 3.8) is 0 Å². The molecule has 1 rings (SSSR count). The summed E-state index contributed by atoms with van der Waals surface area (Å²) in [7, 11) is 0. The van der Waals surface area contributed by atoms with Gasteiger partial charge >= 0.3 is 0 Å². The van der Waals surface area contributed by atoms with Gasteiger partial charge in [0.1, 0.15) is 12.4 Å². The molecule has 0 fully saturated rings. The van der Waals surface area contributed by atoms with E-state index in [1.807, 2.05) is 0 Å². The molecular weight excluding hydrogens is 253 g/mol. The van der Waals surface area contributed by atoms with E-state index in [1.165, 1.54) is 30.4 Å². The fourth-order valence-electron chi connectivity index (χ4n) is 1.39. The molecule has 0 saturated heterocycles. The van der Waals surface area contributed by atoms with Crippen molar-refractivity contribution in [2.45, 2.75) is 19.6 Å². The Morgan fingerprint density at radius 3 is 3.00 bits per heavy atom. The van der Waals surface area contributed by atoms with Crippen LogP contribution in [-0.4, -0.2) is 23.7 Å². The number of carbonyl (C=O) groups excluding carboxylic acids is 1. The minimum atomic E-state index is -1.47. The Morgan fingerprint density at radius 2 is 2.32 bits per heavy atom. The van der Waals surface area contributed by atoms with Gasteiger partial charge in [0.25, 0.3) is 0 Å². The van der Waals surface area contributed by atoms with E-state index in [0.29, 0.717) is 5.57 Å². The van der Waals surface area contributed by atoms with Crippen LogP contribution in [0.15, 0.2) is 47.9 Å². The highest BCUT2D eigenvalue weighted by Crippen LogP contribution is 2.10. The molecule has 0 amide bonds. The normalized spacial score (nSPS) is 20.0. The van der Waals surface area contributed by atoms with Crippen LogP contribution in [0, 0.1) is 5.21 Å². The number of halogens is 1. The SMILES string of the molecule is CCO[NH+]([O-])C(O)CC(=O)/C=C1/C=CC=C(F)C=C1. The largest absolute Gasteiger partial charge is 0.598 e. The zero-order chi connectivity index (χ0) is 14.3. The van der Waals surface area contributed by atoms with Crippen molar-refractivity contribution in [2.75, 3.05) is 6.61 Å². The van der Waals surface area contributed by atoms with Gasteiger partial charge in [-0.1, -0.05) is 18.2 Å². The molecule has 104 valence electrons. The van der Waals surface area contributed by atoms with Crippen LogP contribution >= 0.6 is 0 Å². The Kier molecular flexibility index (Phi) is 6.31. The summed E-state index contributed by atoms with van der Waals surface area (Å²) in [6, 6.07) is 0. The molecule has 0 aromatic heterocycles. The third-order valence-electron chi connectivity index (χ3n) is 2.26. The molecule has 0 spiro atoms. The Hall–Kier alpha value is -1.60. The van der Waals surface area contributed by atoms with Crippen LogP contribution in [0.25, 0.3) is 0 Å². The first-order valence-electron chi connectivity index (χ1n) is 5.84. The maximum Gasteiger partial charge on any atom is 0.226 e. The van der Waals surface area contributed by atoms with Crippen molar-refractivity contribution in [1.82, 2.24) is 0 Å². The number of quaternary nitrogens is 1. The summed E-state index contributed by atoms with van der Waals surface area (Å²) >= 11 is 0. The molecule has 0 aromatic rings. The summed E-state index contributed by atoms with van der Waals surface area (Å²) in [4.78, 5) is 16.2. The Morgan fingerprint density at radius 1 is 1.58 bits per heavy atom. The monoisotopic (exact) mass is 269 g/mol. The van der Waals surface area contributed by atoms with Gasteiger partial charge in [-0.15, -0.1) is 0 Å². The first-order valence-corrected chi connectivity index (χ1v) is 5.84. The molecule has 2 unspecified atom stereocenters. The second-order valence-electron chi connectivity index (χ2n) is 3.83. The highest BCUT2D eigenvalue weighted by atomic mass is 19.1. The number of aliphatic hydroxyl groups excluding tert-OH is 1. The minimum absolute atomic E-state index is 0.140. The van der Waals surface area contributed by atoms with Crippen molar-refractivity contribution in [2.24, 2.45) is 0 Å². The van der Waals surface area contributed by atoms with Gasteiger partial charge in [-0.3, -0.25) is 4.79 Å². The summed E-state index contributed by atoms with van der Waals surface area (Å²) in [5.74, 6) is -0.856. The van der Waals surface area contributed by atoms with Gasteiger partial charge in [0.15, 0.2) is 5.78 Å². The highest BCUT2D eigenvalue weighted by molar-refractivity contribution is 5.91. The van der Waals surface area contributed by atoms with Gasteiger partial charge in [-0.2, -0.15) is 5.23 Å². The van der Waals surface area contributed by atoms with Crippen LogP contribution in [-0.2, 0) is 9.63 Å². The number of allylic oxidation sites excluding steroid dienone is 8. The lowest BCUT2D eigenvalue weighted by atomic mass is 10.1. The van der Waals surface area contributed by atoms with Crippen LogP contribution in [0.1, 0.15) is 13.3 Å². The molecule has 0 saturated carbocycles. The smallest absolute Gasteiger partial charge is 0.226 e. The number of nitrogens with one attached hydrogen (secondary N) is 1. The van der Waals surface area contributed by atoms with Gasteiger partial charge in [-0.05, 0) is 30.7 Å². The van der Waals surface area contributed by atoms with Gasteiger partial charge in [0.2, 0.25) is 6.23 Å². The van der Waals surface area contributed by atoms with Gasteiger partial charge < -0.3 is 10.3 Å². The average Bonchev–Trinajstić information content (AvgIpc) is 2.54. The summed E-state index contributed by atoms with van der Waals surface area (Å²) in [6.45, 7) is 1.75. The molecule has 0 bridgehead atoms. The molecule has 1 aliphatic rings. The van der Waals surface area contributed by atoms with Gasteiger partial charge in [0, 0.05) is 0 Å². The van der Waals surface area contributed by atoms with Gasteiger partial charge in [0.05, 0.1) is 6.42 Å². The molecule has 0 aromatic carbocycles. The van der Waals surface area contributed by atoms with E-state index < -0.39 is 23.1 Å². The molecule has 5 nitrogen and oxygen atoms in total. The van der Waals surface area contributed by atoms with E-state index in [9.17, 15) is 19.5 Å². The van der Waals surface area contributed by atoms with Crippen molar-refractivity contribution in [3.8, 4) is 0 Å². The van der Waals surface area contributed by atoms with E-state index in [1.54, 1.807) is 13.0 Å². The fourth-order valence-corrected chi connectivity index (χ4v) is 1.39. The van der Waals surface area contributed by atoms with Crippen LogP contribution in [0.5, 0.6) is 0 Å². The van der Waals surface area contributed by atoms with Crippen molar-refractivity contribution in [3.05, 3.63) is 53.1 Å². The lowest BCUT2D eigenvalue weighted by Crippen LogP contribution is -3.10. The Bertz CT molecular complexity index is 440. The lowest BCUT2D eigenvalue weighted by molar-refractivity contribution is -1.09. The molecule has 6 heteroatoms. The minimum Gasteiger partial charge on any atom is -0.598 e. The molecule has 2 atom stereocenters. The van der Waals surface area contributed by atoms with E-state index in [2.05, 4.69) is 4.84 Å². The number of carbonyl (C=O) groups is 1. The summed E-state index contributed by atoms with van der Waals surface area (Å²) in [5, 5.41) is 19.7. The van der Waals surface area contributed by atoms with E-state index in [-0.39, 0.29) is 13.0 Å². The Labute approximate surface area is 110 Å². The molecule has 19 heavy (non-hydrogen) atoms. The van der Waals surface area contributed by atoms with Crippen LogP contribution in [0.4, 0.5) is 4.39 Å². The quantitative estimate of drug-likeness (QED) is 0.418. The first kappa shape index (κ1) is 15.5. The van der Waals surface area contributed by atoms with E-state index >= 15 is 0 Å². The molecule has 0 aliphatic heterocycles. The standard InChI is InChI=1S/C13H16FNO4/c1-2-19-15(18)13(17)9-12(16)8-10-4-3-5-11(14)7-6-10/h3-8,13,15,17H,2,9H2,1H3/b10-8-. The zero-order valence-electron chi connectivity index (χ0n) is 10.5. The topological polar surface area (TPSA) is 74.0 Å². The molecule has 2 N–H and O–H groups in total. The summed E-state index contributed by atoms with van der Waals surface area (Å²) < 4.78 is 12.9. The molecular formula is C13H16FNO4. The highest BCUT2D eigenvalue weighted by Gasteiger charge is 2.16. The first-order chi connectivity index (χ1) is 9.02. The number of ketones is 1. The van der Waals surface area contributed by atoms with Crippen LogP contribution in [0.2, 0.25) is 0 Å². The Balaban J connectivity index is 2.58. The van der Waals surface area contributed by atoms with Crippen LogP contribution in [0.3, 0.4) is 0 Å². The maximum absolute atomic E-state index is 12.9. The van der Waals surface area contributed by atoms with Crippen LogP contribution < -0.4 is 5.23 Å². The number of rotatable bonds is 6. The third kappa shape index (κ3) is 5.71. The average molecular weight is 269 g/mol. The van der Waals surface area contributed by atoms with Crippen molar-refractivity contribution in [1.29, 1.82) is 0 Å². The predicted molar refractivity (Wildman–Crippen MR) is 67.1 cm³/mol. The number of aliphatic hydroxyl groups is 1. The summed E-state index contributed by atoms with van der Waals surface area (Å²) in [6.07, 6.45) is 6.34. The van der Waals surface area contributed by atoms with Gasteiger partial charge in [-0.25, -0.2) is 9.23 Å². The lowest BCUT2D eigenvalue weighted by Gasteiger charge is -2.23. The second-order valence-corrected chi connectivity index (χ2v) is 3.83. The number of hydroxylamine groups is 2. The summed E-state index contributed by atoms with van der Waals surface area (Å²) in [5.41, 5.74) is 0.491. The fraction of sp³-hybridized carbons (Fsp3) is 0.308. The van der Waals surface area contributed by atoms with Crippen molar-refractivity contribution >= 4 is 5.78 Å². The third-order valence-corrected chi connectivity index (χ3v) is 2.26. The second kappa shape index (κ2) is 7.75. The maximum atomic E-state index is 12.9. The van der Waals surface area contributed by atoms with E-state index in [0.717, 1.165) is 0 Å². The van der Waals surface area contributed by atoms with Crippen molar-refractivity contribution < 1.29 is 24.4 Å². The predicted octanol–water partition coefficient (Wildman–Crippen LogP) is 0.504. The molecule has 0 radical (unpaired) electrons.